The summed E-state index contributed by atoms with van der Waals surface area (Å²) >= 11 is 1.86. The fraction of sp³-hybridized carbons (Fsp3) is 0.235. The number of hydrogen-bond donors (Lipinski definition) is 0. The zero-order valence-corrected chi connectivity index (χ0v) is 12.3. The molecule has 3 rings (SSSR count). The summed E-state index contributed by atoms with van der Waals surface area (Å²) in [5.74, 6) is 0.0905. The maximum absolute atomic E-state index is 12.7. The fourth-order valence-corrected chi connectivity index (χ4v) is 3.55. The van der Waals surface area contributed by atoms with Crippen molar-refractivity contribution in [1.82, 2.24) is 0 Å². The van der Waals surface area contributed by atoms with Crippen LogP contribution in [0.15, 0.2) is 59.5 Å². The van der Waals surface area contributed by atoms with Crippen LogP contribution in [0.2, 0.25) is 0 Å². The average molecular weight is 283 g/mol. The molecule has 1 aliphatic rings. The number of amides is 1. The molecule has 0 saturated heterocycles. The van der Waals surface area contributed by atoms with Gasteiger partial charge in [0, 0.05) is 22.3 Å². The number of nitrogens with zero attached hydrogens (tertiary/aromatic N) is 1. The summed E-state index contributed by atoms with van der Waals surface area (Å²) in [6.45, 7) is 3.00. The Bertz CT molecular complexity index is 611. The lowest BCUT2D eigenvalue weighted by molar-refractivity contribution is 0.0986. The highest BCUT2D eigenvalue weighted by atomic mass is 32.2. The first-order valence-corrected chi connectivity index (χ1v) is 7.76. The molecule has 1 atom stereocenters. The van der Waals surface area contributed by atoms with E-state index in [0.29, 0.717) is 5.25 Å². The fourth-order valence-electron chi connectivity index (χ4n) is 2.43. The van der Waals surface area contributed by atoms with E-state index in [1.165, 1.54) is 4.90 Å². The molecular weight excluding hydrogens is 266 g/mol. The summed E-state index contributed by atoms with van der Waals surface area (Å²) in [4.78, 5) is 15.9. The molecule has 0 bridgehead atoms. The van der Waals surface area contributed by atoms with Crippen LogP contribution in [0.4, 0.5) is 5.69 Å². The molecule has 0 spiro atoms. The first-order valence-electron chi connectivity index (χ1n) is 6.88. The molecule has 1 aliphatic heterocycles. The van der Waals surface area contributed by atoms with Crippen LogP contribution in [0.25, 0.3) is 0 Å². The van der Waals surface area contributed by atoms with Crippen LogP contribution >= 0.6 is 11.8 Å². The molecule has 1 unspecified atom stereocenters. The Morgan fingerprint density at radius 2 is 1.80 bits per heavy atom. The summed E-state index contributed by atoms with van der Waals surface area (Å²) in [5.41, 5.74) is 1.79. The van der Waals surface area contributed by atoms with Gasteiger partial charge in [-0.3, -0.25) is 4.79 Å². The standard InChI is InChI=1S/C17H17NOS/c1-13-11-12-18(15-9-5-6-10-16(15)20-13)17(19)14-7-3-2-4-8-14/h2-10,13H,11-12H2,1H3. The quantitative estimate of drug-likeness (QED) is 0.781. The van der Waals surface area contributed by atoms with Crippen molar-refractivity contribution < 1.29 is 4.79 Å². The molecule has 3 heteroatoms. The number of para-hydroxylation sites is 1. The number of fused-ring (bicyclic) bond motifs is 1. The molecule has 2 aromatic rings. The maximum Gasteiger partial charge on any atom is 0.258 e. The highest BCUT2D eigenvalue weighted by Gasteiger charge is 2.24. The number of carbonyl (C=O) groups excluding carboxylic acids is 1. The van der Waals surface area contributed by atoms with Gasteiger partial charge in [0.15, 0.2) is 0 Å². The molecule has 2 nitrogen and oxygen atoms in total. The van der Waals surface area contributed by atoms with Crippen LogP contribution in [0.5, 0.6) is 0 Å². The van der Waals surface area contributed by atoms with Crippen molar-refractivity contribution in [2.75, 3.05) is 11.4 Å². The lowest BCUT2D eigenvalue weighted by atomic mass is 10.1. The van der Waals surface area contributed by atoms with Crippen molar-refractivity contribution >= 4 is 23.4 Å². The molecule has 0 aliphatic carbocycles. The van der Waals surface area contributed by atoms with Crippen molar-refractivity contribution in [3.8, 4) is 0 Å². The Hall–Kier alpha value is -1.74. The summed E-state index contributed by atoms with van der Waals surface area (Å²) in [7, 11) is 0. The lowest BCUT2D eigenvalue weighted by Crippen LogP contribution is -2.32. The third kappa shape index (κ3) is 2.59. The van der Waals surface area contributed by atoms with Gasteiger partial charge < -0.3 is 4.90 Å². The van der Waals surface area contributed by atoms with Crippen LogP contribution in [0.1, 0.15) is 23.7 Å². The largest absolute Gasteiger partial charge is 0.307 e. The highest BCUT2D eigenvalue weighted by molar-refractivity contribution is 8.00. The number of thioether (sulfide) groups is 1. The van der Waals surface area contributed by atoms with Gasteiger partial charge in [-0.15, -0.1) is 11.8 Å². The third-order valence-corrected chi connectivity index (χ3v) is 4.75. The number of hydrogen-bond acceptors (Lipinski definition) is 2. The van der Waals surface area contributed by atoms with Crippen molar-refractivity contribution in [2.24, 2.45) is 0 Å². The zero-order valence-electron chi connectivity index (χ0n) is 11.5. The first kappa shape index (κ1) is 13.3. The minimum atomic E-state index is 0.0905. The molecular formula is C17H17NOS. The van der Waals surface area contributed by atoms with Crippen LogP contribution < -0.4 is 4.90 Å². The predicted octanol–water partition coefficient (Wildman–Crippen LogP) is 4.22. The molecule has 0 aromatic heterocycles. The number of rotatable bonds is 1. The summed E-state index contributed by atoms with van der Waals surface area (Å²) in [6.07, 6.45) is 1.01. The second-order valence-electron chi connectivity index (χ2n) is 5.01. The van der Waals surface area contributed by atoms with E-state index in [0.717, 1.165) is 24.2 Å². The van der Waals surface area contributed by atoms with E-state index in [9.17, 15) is 4.79 Å². The smallest absolute Gasteiger partial charge is 0.258 e. The second-order valence-corrected chi connectivity index (χ2v) is 6.49. The van der Waals surface area contributed by atoms with Crippen molar-refractivity contribution in [2.45, 2.75) is 23.5 Å². The topological polar surface area (TPSA) is 20.3 Å². The Morgan fingerprint density at radius 3 is 2.60 bits per heavy atom. The van der Waals surface area contributed by atoms with Gasteiger partial charge in [-0.1, -0.05) is 37.3 Å². The first-order chi connectivity index (χ1) is 9.75. The summed E-state index contributed by atoms with van der Waals surface area (Å²) in [6, 6.07) is 17.7. The zero-order chi connectivity index (χ0) is 13.9. The van der Waals surface area contributed by atoms with Crippen LogP contribution in [-0.2, 0) is 0 Å². The number of benzene rings is 2. The lowest BCUT2D eigenvalue weighted by Gasteiger charge is -2.22. The normalized spacial score (nSPS) is 18.2. The minimum Gasteiger partial charge on any atom is -0.307 e. The molecule has 0 fully saturated rings. The second kappa shape index (κ2) is 5.71. The number of carbonyl (C=O) groups is 1. The van der Waals surface area contributed by atoms with Crippen LogP contribution in [0, 0.1) is 0 Å². The maximum atomic E-state index is 12.7. The molecule has 20 heavy (non-hydrogen) atoms. The van der Waals surface area contributed by atoms with E-state index < -0.39 is 0 Å². The monoisotopic (exact) mass is 283 g/mol. The van der Waals surface area contributed by atoms with Gasteiger partial charge in [-0.05, 0) is 30.7 Å². The summed E-state index contributed by atoms with van der Waals surface area (Å²) < 4.78 is 0. The molecule has 1 amide bonds. The Labute approximate surface area is 123 Å². The van der Waals surface area contributed by atoms with Gasteiger partial charge in [0.05, 0.1) is 5.69 Å². The van der Waals surface area contributed by atoms with Crippen LogP contribution in [-0.4, -0.2) is 17.7 Å². The average Bonchev–Trinajstić information content (AvgIpc) is 2.66. The van der Waals surface area contributed by atoms with E-state index >= 15 is 0 Å². The van der Waals surface area contributed by atoms with Gasteiger partial charge in [0.1, 0.15) is 0 Å². The van der Waals surface area contributed by atoms with Crippen molar-refractivity contribution in [3.63, 3.8) is 0 Å². The molecule has 1 heterocycles. The number of anilines is 1. The highest BCUT2D eigenvalue weighted by Crippen LogP contribution is 2.37. The van der Waals surface area contributed by atoms with E-state index in [4.69, 9.17) is 0 Å². The Kier molecular flexibility index (Phi) is 3.79. The minimum absolute atomic E-state index is 0.0905. The van der Waals surface area contributed by atoms with Crippen molar-refractivity contribution in [1.29, 1.82) is 0 Å². The molecule has 0 N–H and O–H groups in total. The van der Waals surface area contributed by atoms with Crippen molar-refractivity contribution in [3.05, 3.63) is 60.2 Å². The van der Waals surface area contributed by atoms with E-state index in [-0.39, 0.29) is 5.91 Å². The molecule has 0 radical (unpaired) electrons. The van der Waals surface area contributed by atoms with E-state index in [2.05, 4.69) is 13.0 Å². The van der Waals surface area contributed by atoms with Gasteiger partial charge in [-0.25, -0.2) is 0 Å². The van der Waals surface area contributed by atoms with Gasteiger partial charge in [-0.2, -0.15) is 0 Å². The molecule has 102 valence electrons. The van der Waals surface area contributed by atoms with Gasteiger partial charge in [0.2, 0.25) is 0 Å². The molecule has 2 aromatic carbocycles. The third-order valence-electron chi connectivity index (χ3n) is 3.51. The Morgan fingerprint density at radius 1 is 1.10 bits per heavy atom. The van der Waals surface area contributed by atoms with Gasteiger partial charge >= 0.3 is 0 Å². The SMILES string of the molecule is CC1CCN(C(=O)c2ccccc2)c2ccccc2S1. The molecule has 0 saturated carbocycles. The Balaban J connectivity index is 1.99. The predicted molar refractivity (Wildman–Crippen MR) is 84.5 cm³/mol. The van der Waals surface area contributed by atoms with Gasteiger partial charge in [0.25, 0.3) is 5.91 Å². The van der Waals surface area contributed by atoms with Crippen LogP contribution in [0.3, 0.4) is 0 Å². The summed E-state index contributed by atoms with van der Waals surface area (Å²) in [5, 5.41) is 0.532. The van der Waals surface area contributed by atoms with E-state index in [1.54, 1.807) is 0 Å². The van der Waals surface area contributed by atoms with E-state index in [1.807, 2.05) is 65.2 Å².